The molecule has 0 aromatic carbocycles. The van der Waals surface area contributed by atoms with Crippen molar-refractivity contribution in [2.75, 3.05) is 19.8 Å². The molecule has 1 heterocycles. The van der Waals surface area contributed by atoms with Gasteiger partial charge in [-0.3, -0.25) is 4.79 Å². The number of nitrogens with one attached hydrogen (secondary N) is 1. The van der Waals surface area contributed by atoms with Gasteiger partial charge >= 0.3 is 5.97 Å². The van der Waals surface area contributed by atoms with Gasteiger partial charge < -0.3 is 14.8 Å². The van der Waals surface area contributed by atoms with Crippen LogP contribution in [0.2, 0.25) is 0 Å². The third-order valence-electron chi connectivity index (χ3n) is 2.31. The van der Waals surface area contributed by atoms with Gasteiger partial charge in [0.05, 0.1) is 25.4 Å². The van der Waals surface area contributed by atoms with Gasteiger partial charge in [-0.15, -0.1) is 0 Å². The minimum absolute atomic E-state index is 0.0487. The Bertz CT molecular complexity index is 183. The second kappa shape index (κ2) is 3.03. The topological polar surface area (TPSA) is 47.6 Å². The number of rotatable bonds is 2. The molecule has 0 amide bonds. The van der Waals surface area contributed by atoms with Gasteiger partial charge in [-0.2, -0.15) is 0 Å². The molecule has 4 nitrogen and oxygen atoms in total. The molecule has 0 radical (unpaired) electrons. The molecule has 0 bridgehead atoms. The highest BCUT2D eigenvalue weighted by atomic mass is 16.5. The summed E-state index contributed by atoms with van der Waals surface area (Å²) in [6.45, 7) is 3.82. The van der Waals surface area contributed by atoms with Crippen molar-refractivity contribution in [1.29, 1.82) is 0 Å². The highest BCUT2D eigenvalue weighted by Gasteiger charge is 2.58. The molecule has 3 unspecified atom stereocenters. The Kier molecular flexibility index (Phi) is 2.02. The molecule has 12 heavy (non-hydrogen) atoms. The van der Waals surface area contributed by atoms with Crippen LogP contribution < -0.4 is 5.32 Å². The minimum atomic E-state index is -0.123. The Hall–Kier alpha value is -0.610. The van der Waals surface area contributed by atoms with Crippen LogP contribution in [-0.2, 0) is 14.3 Å². The van der Waals surface area contributed by atoms with Crippen molar-refractivity contribution in [2.45, 2.75) is 19.1 Å². The Morgan fingerprint density at radius 1 is 1.75 bits per heavy atom. The van der Waals surface area contributed by atoms with Gasteiger partial charge in [0.2, 0.25) is 0 Å². The maximum absolute atomic E-state index is 11.2. The molecule has 2 aliphatic rings. The van der Waals surface area contributed by atoms with Gasteiger partial charge in [-0.1, -0.05) is 0 Å². The van der Waals surface area contributed by atoms with E-state index in [0.29, 0.717) is 13.2 Å². The Morgan fingerprint density at radius 3 is 3.17 bits per heavy atom. The van der Waals surface area contributed by atoms with Crippen LogP contribution in [0.4, 0.5) is 0 Å². The molecule has 1 saturated carbocycles. The van der Waals surface area contributed by atoms with Crippen LogP contribution in [-0.4, -0.2) is 37.9 Å². The van der Waals surface area contributed by atoms with Gasteiger partial charge in [0.1, 0.15) is 5.92 Å². The fourth-order valence-electron chi connectivity index (χ4n) is 1.67. The van der Waals surface area contributed by atoms with Gasteiger partial charge in [0, 0.05) is 6.54 Å². The number of ether oxygens (including phenoxy) is 2. The van der Waals surface area contributed by atoms with E-state index in [0.717, 1.165) is 6.54 Å². The molecule has 68 valence electrons. The normalized spacial score (nSPS) is 38.6. The highest BCUT2D eigenvalue weighted by Crippen LogP contribution is 2.37. The van der Waals surface area contributed by atoms with E-state index in [1.807, 2.05) is 6.92 Å². The number of carbonyl (C=O) groups excluding carboxylic acids is 1. The zero-order valence-corrected chi connectivity index (χ0v) is 7.08. The van der Waals surface area contributed by atoms with Crippen molar-refractivity contribution < 1.29 is 14.3 Å². The Morgan fingerprint density at radius 2 is 2.58 bits per heavy atom. The molecule has 1 N–H and O–H groups in total. The summed E-state index contributed by atoms with van der Waals surface area (Å²) < 4.78 is 10.3. The molecule has 1 aliphatic carbocycles. The van der Waals surface area contributed by atoms with E-state index in [1.54, 1.807) is 0 Å². The number of hydrogen-bond acceptors (Lipinski definition) is 4. The van der Waals surface area contributed by atoms with E-state index in [2.05, 4.69) is 5.32 Å². The zero-order valence-electron chi connectivity index (χ0n) is 7.08. The molecule has 2 rings (SSSR count). The first kappa shape index (κ1) is 8.01. The van der Waals surface area contributed by atoms with Crippen LogP contribution in [0.3, 0.4) is 0 Å². The van der Waals surface area contributed by atoms with Crippen LogP contribution in [0.1, 0.15) is 6.92 Å². The largest absolute Gasteiger partial charge is 0.466 e. The van der Waals surface area contributed by atoms with Crippen LogP contribution in [0, 0.1) is 5.92 Å². The standard InChI is InChI=1S/C8H13NO3/c1-2-11-8(10)5-6-7(5)12-4-3-9-6/h5-7,9H,2-4H2,1H3. The molecule has 3 atom stereocenters. The molecule has 1 aliphatic heterocycles. The second-order valence-corrected chi connectivity index (χ2v) is 3.09. The maximum Gasteiger partial charge on any atom is 0.313 e. The minimum Gasteiger partial charge on any atom is -0.466 e. The first-order valence-corrected chi connectivity index (χ1v) is 4.36. The van der Waals surface area contributed by atoms with Gasteiger partial charge in [-0.05, 0) is 6.92 Å². The van der Waals surface area contributed by atoms with E-state index < -0.39 is 0 Å². The molecule has 0 aromatic heterocycles. The Balaban J connectivity index is 1.87. The first-order chi connectivity index (χ1) is 5.84. The SMILES string of the molecule is CCOC(=O)C1C2NCCOC21. The van der Waals surface area contributed by atoms with Crippen molar-refractivity contribution in [1.82, 2.24) is 5.32 Å². The average Bonchev–Trinajstić information content (AvgIpc) is 2.78. The number of hydrogen-bond donors (Lipinski definition) is 1. The number of morpholine rings is 1. The summed E-state index contributed by atoms with van der Waals surface area (Å²) in [5, 5.41) is 3.22. The van der Waals surface area contributed by atoms with Gasteiger partial charge in [0.15, 0.2) is 0 Å². The Labute approximate surface area is 71.2 Å². The summed E-state index contributed by atoms with van der Waals surface area (Å²) in [7, 11) is 0. The summed E-state index contributed by atoms with van der Waals surface area (Å²) >= 11 is 0. The summed E-state index contributed by atoms with van der Waals surface area (Å²) in [4.78, 5) is 11.2. The van der Waals surface area contributed by atoms with Crippen LogP contribution in [0.15, 0.2) is 0 Å². The quantitative estimate of drug-likeness (QED) is 0.571. The van der Waals surface area contributed by atoms with Crippen LogP contribution in [0.25, 0.3) is 0 Å². The molecular formula is C8H13NO3. The van der Waals surface area contributed by atoms with E-state index in [-0.39, 0.29) is 24.0 Å². The average molecular weight is 171 g/mol. The smallest absolute Gasteiger partial charge is 0.313 e. The number of fused-ring (bicyclic) bond motifs is 1. The summed E-state index contributed by atoms with van der Waals surface area (Å²) in [5.41, 5.74) is 0. The fraction of sp³-hybridized carbons (Fsp3) is 0.875. The van der Waals surface area contributed by atoms with Crippen molar-refractivity contribution in [3.05, 3.63) is 0 Å². The maximum atomic E-state index is 11.2. The number of esters is 1. The summed E-state index contributed by atoms with van der Waals surface area (Å²) in [5.74, 6) is -0.172. The molecular weight excluding hydrogens is 158 g/mol. The molecule has 4 heteroatoms. The predicted octanol–water partition coefficient (Wildman–Crippen LogP) is -0.464. The van der Waals surface area contributed by atoms with Crippen molar-refractivity contribution >= 4 is 5.97 Å². The third kappa shape index (κ3) is 1.21. The van der Waals surface area contributed by atoms with Crippen LogP contribution in [0.5, 0.6) is 0 Å². The van der Waals surface area contributed by atoms with Crippen molar-refractivity contribution in [2.24, 2.45) is 5.92 Å². The van der Waals surface area contributed by atoms with E-state index >= 15 is 0 Å². The lowest BCUT2D eigenvalue weighted by Gasteiger charge is -2.09. The lowest BCUT2D eigenvalue weighted by molar-refractivity contribution is -0.145. The third-order valence-corrected chi connectivity index (χ3v) is 2.31. The van der Waals surface area contributed by atoms with Gasteiger partial charge in [0.25, 0.3) is 0 Å². The summed E-state index contributed by atoms with van der Waals surface area (Å²) in [6.07, 6.45) is 0.0813. The lowest BCUT2D eigenvalue weighted by Crippen LogP contribution is -2.30. The fourth-order valence-corrected chi connectivity index (χ4v) is 1.67. The van der Waals surface area contributed by atoms with E-state index in [1.165, 1.54) is 0 Å². The lowest BCUT2D eigenvalue weighted by atomic mass is 10.4. The van der Waals surface area contributed by atoms with E-state index in [9.17, 15) is 4.79 Å². The van der Waals surface area contributed by atoms with E-state index in [4.69, 9.17) is 9.47 Å². The predicted molar refractivity (Wildman–Crippen MR) is 41.7 cm³/mol. The zero-order chi connectivity index (χ0) is 8.55. The van der Waals surface area contributed by atoms with Crippen molar-refractivity contribution in [3.8, 4) is 0 Å². The molecule has 2 fully saturated rings. The number of carbonyl (C=O) groups is 1. The van der Waals surface area contributed by atoms with Gasteiger partial charge in [-0.25, -0.2) is 0 Å². The second-order valence-electron chi connectivity index (χ2n) is 3.09. The van der Waals surface area contributed by atoms with Crippen molar-refractivity contribution in [3.63, 3.8) is 0 Å². The molecule has 1 saturated heterocycles. The first-order valence-electron chi connectivity index (χ1n) is 4.36. The monoisotopic (exact) mass is 171 g/mol. The molecule has 0 spiro atoms. The highest BCUT2D eigenvalue weighted by molar-refractivity contribution is 5.78. The molecule has 0 aromatic rings. The van der Waals surface area contributed by atoms with Crippen LogP contribution >= 0.6 is 0 Å². The summed E-state index contributed by atoms with van der Waals surface area (Å²) in [6, 6.07) is 0.220.